The summed E-state index contributed by atoms with van der Waals surface area (Å²) in [5.41, 5.74) is 8.74. The SMILES string of the molecule is CS(=O)(=O)c1cncc(C(=O)NCc2cc3nc(-c4cccc(NCCCCN5NC=NN5)n4)ccc3cn2)c1. The normalized spacial score (nSPS) is 13.1. The van der Waals surface area contributed by atoms with Crippen LogP contribution in [0.4, 0.5) is 5.82 Å². The van der Waals surface area contributed by atoms with Gasteiger partial charge in [0.1, 0.15) is 12.2 Å². The molecule has 4 N–H and O–H groups in total. The summed E-state index contributed by atoms with van der Waals surface area (Å²) < 4.78 is 23.5. The van der Waals surface area contributed by atoms with Crippen molar-refractivity contribution in [2.75, 3.05) is 24.7 Å². The molecule has 0 saturated carbocycles. The number of pyridine rings is 4. The van der Waals surface area contributed by atoms with Gasteiger partial charge in [-0.3, -0.25) is 20.2 Å². The van der Waals surface area contributed by atoms with Gasteiger partial charge in [0.15, 0.2) is 9.84 Å². The number of hydrazine groups is 2. The van der Waals surface area contributed by atoms with Gasteiger partial charge in [0.2, 0.25) is 0 Å². The number of carbonyl (C=O) groups is 1. The maximum Gasteiger partial charge on any atom is 0.253 e. The first kappa shape index (κ1) is 26.9. The van der Waals surface area contributed by atoms with Crippen LogP contribution in [0.3, 0.4) is 0 Å². The number of aromatic nitrogens is 4. The lowest BCUT2D eigenvalue weighted by Crippen LogP contribution is -2.39. The third kappa shape index (κ3) is 6.84. The first-order chi connectivity index (χ1) is 19.3. The Bertz CT molecular complexity index is 1650. The molecular weight excluding hydrogens is 532 g/mol. The number of fused-ring (bicyclic) bond motifs is 1. The summed E-state index contributed by atoms with van der Waals surface area (Å²) in [5, 5.41) is 12.7. The van der Waals surface area contributed by atoms with Crippen LogP contribution >= 0.6 is 0 Å². The van der Waals surface area contributed by atoms with Crippen molar-refractivity contribution in [1.82, 2.24) is 41.3 Å². The molecule has 0 aromatic carbocycles. The van der Waals surface area contributed by atoms with Crippen molar-refractivity contribution < 1.29 is 13.2 Å². The maximum absolute atomic E-state index is 12.6. The minimum absolute atomic E-state index is 0.0169. The van der Waals surface area contributed by atoms with Crippen LogP contribution in [0.25, 0.3) is 22.3 Å². The van der Waals surface area contributed by atoms with Crippen LogP contribution in [0.2, 0.25) is 0 Å². The molecule has 0 aliphatic carbocycles. The Balaban J connectivity index is 1.21. The molecule has 13 nitrogen and oxygen atoms in total. The van der Waals surface area contributed by atoms with Crippen LogP contribution in [0.5, 0.6) is 0 Å². The van der Waals surface area contributed by atoms with Crippen molar-refractivity contribution in [3.63, 3.8) is 0 Å². The zero-order chi connectivity index (χ0) is 28.0. The van der Waals surface area contributed by atoms with Crippen molar-refractivity contribution in [1.29, 1.82) is 0 Å². The fourth-order valence-corrected chi connectivity index (χ4v) is 4.54. The number of hydrogen-bond donors (Lipinski definition) is 4. The second kappa shape index (κ2) is 12.0. The molecule has 0 unspecified atom stereocenters. The van der Waals surface area contributed by atoms with Gasteiger partial charge in [0, 0.05) is 43.3 Å². The molecule has 1 amide bonds. The molecule has 14 heteroatoms. The molecular formula is C26H28N10O3S. The highest BCUT2D eigenvalue weighted by atomic mass is 32.2. The molecule has 40 heavy (non-hydrogen) atoms. The van der Waals surface area contributed by atoms with Crippen molar-refractivity contribution in [2.45, 2.75) is 24.3 Å². The average molecular weight is 561 g/mol. The lowest BCUT2D eigenvalue weighted by atomic mass is 10.2. The molecule has 1 aliphatic heterocycles. The Hall–Kier alpha value is -4.69. The van der Waals surface area contributed by atoms with Gasteiger partial charge in [-0.1, -0.05) is 6.07 Å². The quantitative estimate of drug-likeness (QED) is 0.198. The Morgan fingerprint density at radius 2 is 1.90 bits per heavy atom. The summed E-state index contributed by atoms with van der Waals surface area (Å²) in [5.74, 6) is 0.321. The standard InChI is InChI=1S/C26H28N10O3S/c1-40(38,39)21-11-19(13-27-16-21)26(37)30-15-20-12-24-18(14-29-20)7-8-23(33-24)22-5-4-6-25(34-22)28-9-2-3-10-36-32-17-31-35-36/h4-8,11-14,16-17,35H,2-3,9-10,15H2,1H3,(H,28,34)(H,30,37)(H,31,32). The lowest BCUT2D eigenvalue weighted by Gasteiger charge is -2.14. The molecule has 0 radical (unpaired) electrons. The Morgan fingerprint density at radius 1 is 1.02 bits per heavy atom. The average Bonchev–Trinajstić information content (AvgIpc) is 3.49. The van der Waals surface area contributed by atoms with Crippen LogP contribution in [-0.2, 0) is 16.4 Å². The molecule has 0 fully saturated rings. The monoisotopic (exact) mass is 560 g/mol. The number of carbonyl (C=O) groups excluding carboxylic acids is 1. The van der Waals surface area contributed by atoms with E-state index in [1.165, 1.54) is 18.5 Å². The zero-order valence-electron chi connectivity index (χ0n) is 21.7. The predicted molar refractivity (Wildman–Crippen MR) is 150 cm³/mol. The number of amides is 1. The zero-order valence-corrected chi connectivity index (χ0v) is 22.5. The maximum atomic E-state index is 12.6. The van der Waals surface area contributed by atoms with Crippen molar-refractivity contribution >= 4 is 38.8 Å². The van der Waals surface area contributed by atoms with E-state index in [1.807, 2.05) is 41.5 Å². The molecule has 206 valence electrons. The Morgan fingerprint density at radius 3 is 2.73 bits per heavy atom. The van der Waals surface area contributed by atoms with Crippen LogP contribution in [0, 0.1) is 0 Å². The van der Waals surface area contributed by atoms with E-state index < -0.39 is 15.7 Å². The second-order valence-electron chi connectivity index (χ2n) is 9.11. The fraction of sp³-hybridized carbons (Fsp3) is 0.231. The first-order valence-corrected chi connectivity index (χ1v) is 14.5. The molecule has 5 heterocycles. The molecule has 4 aromatic heterocycles. The van der Waals surface area contributed by atoms with Gasteiger partial charge in [0.25, 0.3) is 5.91 Å². The van der Waals surface area contributed by atoms with Crippen molar-refractivity contribution in [3.8, 4) is 11.4 Å². The molecule has 0 bridgehead atoms. The van der Waals surface area contributed by atoms with Gasteiger partial charge in [-0.25, -0.2) is 23.9 Å². The van der Waals surface area contributed by atoms with E-state index in [0.717, 1.165) is 49.1 Å². The lowest BCUT2D eigenvalue weighted by molar-refractivity contribution is 0.0950. The summed E-state index contributed by atoms with van der Waals surface area (Å²) in [6.45, 7) is 1.74. The highest BCUT2D eigenvalue weighted by molar-refractivity contribution is 7.90. The third-order valence-corrected chi connectivity index (χ3v) is 7.13. The highest BCUT2D eigenvalue weighted by Crippen LogP contribution is 2.21. The van der Waals surface area contributed by atoms with Gasteiger partial charge in [-0.2, -0.15) is 5.10 Å². The predicted octanol–water partition coefficient (Wildman–Crippen LogP) is 1.88. The molecule has 0 atom stereocenters. The van der Waals surface area contributed by atoms with E-state index in [-0.39, 0.29) is 17.0 Å². The number of nitrogens with one attached hydrogen (secondary N) is 4. The number of rotatable bonds is 11. The number of hydrazone groups is 1. The van der Waals surface area contributed by atoms with Gasteiger partial charge >= 0.3 is 0 Å². The highest BCUT2D eigenvalue weighted by Gasteiger charge is 2.13. The number of anilines is 1. The summed E-state index contributed by atoms with van der Waals surface area (Å²) >= 11 is 0. The van der Waals surface area contributed by atoms with E-state index in [2.05, 4.69) is 36.7 Å². The summed E-state index contributed by atoms with van der Waals surface area (Å²) in [7, 11) is -3.47. The number of unbranched alkanes of at least 4 members (excludes halogenated alkanes) is 1. The van der Waals surface area contributed by atoms with Crippen LogP contribution in [0.1, 0.15) is 28.9 Å². The number of nitrogens with zero attached hydrogens (tertiary/aromatic N) is 6. The van der Waals surface area contributed by atoms with Gasteiger partial charge in [-0.05, 0) is 49.2 Å². The van der Waals surface area contributed by atoms with Crippen molar-refractivity contribution in [3.05, 3.63) is 72.3 Å². The molecule has 0 saturated heterocycles. The minimum Gasteiger partial charge on any atom is -0.370 e. The summed E-state index contributed by atoms with van der Waals surface area (Å²) in [6.07, 6.45) is 8.84. The first-order valence-electron chi connectivity index (χ1n) is 12.6. The molecule has 0 spiro atoms. The third-order valence-electron chi connectivity index (χ3n) is 6.05. The van der Waals surface area contributed by atoms with Crippen molar-refractivity contribution in [2.24, 2.45) is 5.10 Å². The summed E-state index contributed by atoms with van der Waals surface area (Å²) in [4.78, 5) is 30.3. The van der Waals surface area contributed by atoms with Crippen LogP contribution in [-0.4, -0.2) is 65.1 Å². The second-order valence-corrected chi connectivity index (χ2v) is 11.1. The van der Waals surface area contributed by atoms with E-state index in [1.54, 1.807) is 12.5 Å². The summed E-state index contributed by atoms with van der Waals surface area (Å²) in [6, 6.07) is 12.7. The van der Waals surface area contributed by atoms with Crippen LogP contribution < -0.4 is 21.6 Å². The van der Waals surface area contributed by atoms with E-state index >= 15 is 0 Å². The molecule has 5 rings (SSSR count). The fourth-order valence-electron chi connectivity index (χ4n) is 3.94. The number of sulfone groups is 1. The smallest absolute Gasteiger partial charge is 0.253 e. The Labute approximate surface area is 231 Å². The van der Waals surface area contributed by atoms with Crippen LogP contribution in [0.15, 0.2) is 71.1 Å². The number of hydrogen-bond acceptors (Lipinski definition) is 12. The molecule has 4 aromatic rings. The topological polar surface area (TPSA) is 166 Å². The van der Waals surface area contributed by atoms with Gasteiger partial charge < -0.3 is 10.6 Å². The minimum atomic E-state index is -3.47. The van der Waals surface area contributed by atoms with Gasteiger partial charge in [-0.15, -0.1) is 5.12 Å². The van der Waals surface area contributed by atoms with E-state index in [9.17, 15) is 13.2 Å². The largest absolute Gasteiger partial charge is 0.370 e. The Kier molecular flexibility index (Phi) is 8.07. The molecule has 1 aliphatic rings. The van der Waals surface area contributed by atoms with Gasteiger partial charge in [0.05, 0.1) is 39.6 Å². The van der Waals surface area contributed by atoms with E-state index in [4.69, 9.17) is 9.97 Å². The van der Waals surface area contributed by atoms with E-state index in [0.29, 0.717) is 16.9 Å².